The van der Waals surface area contributed by atoms with Crippen LogP contribution in [0.15, 0.2) is 48.5 Å². The lowest BCUT2D eigenvalue weighted by molar-refractivity contribution is 0.417. The molecule has 2 N–H and O–H groups in total. The number of anilines is 3. The van der Waals surface area contributed by atoms with E-state index >= 15 is 0 Å². The lowest BCUT2D eigenvalue weighted by Gasteiger charge is -2.26. The molecule has 100 valence electrons. The molecular formula is C13H13N2O3S-. The van der Waals surface area contributed by atoms with Gasteiger partial charge >= 0.3 is 0 Å². The molecule has 0 aromatic heterocycles. The normalized spacial score (nSPS) is 11.9. The largest absolute Gasteiger partial charge is 0.755 e. The van der Waals surface area contributed by atoms with Gasteiger partial charge in [-0.3, -0.25) is 8.51 Å². The third kappa shape index (κ3) is 2.86. The first kappa shape index (κ1) is 13.4. The van der Waals surface area contributed by atoms with E-state index in [4.69, 9.17) is 10.5 Å². The van der Waals surface area contributed by atoms with Gasteiger partial charge in [-0.25, -0.2) is 0 Å². The monoisotopic (exact) mass is 277 g/mol. The molecule has 0 saturated carbocycles. The quantitative estimate of drug-likeness (QED) is 0.686. The number of nitrogens with zero attached hydrogens (tertiary/aromatic N) is 1. The zero-order valence-electron chi connectivity index (χ0n) is 10.3. The first-order valence-electron chi connectivity index (χ1n) is 5.51. The second-order valence-electron chi connectivity index (χ2n) is 3.77. The van der Waals surface area contributed by atoms with E-state index in [-0.39, 0.29) is 0 Å². The van der Waals surface area contributed by atoms with Gasteiger partial charge in [0.15, 0.2) is 0 Å². The third-order valence-corrected chi connectivity index (χ3v) is 3.31. The van der Waals surface area contributed by atoms with Crippen LogP contribution in [-0.2, 0) is 11.3 Å². The third-order valence-electron chi connectivity index (χ3n) is 2.59. The summed E-state index contributed by atoms with van der Waals surface area (Å²) in [6.07, 6.45) is 0. The second kappa shape index (κ2) is 5.73. The molecule has 2 aromatic carbocycles. The average molecular weight is 277 g/mol. The van der Waals surface area contributed by atoms with Crippen molar-refractivity contribution in [1.82, 2.24) is 0 Å². The fraction of sp³-hybridized carbons (Fsp3) is 0.0769. The summed E-state index contributed by atoms with van der Waals surface area (Å²) in [5.74, 6) is 0.434. The van der Waals surface area contributed by atoms with E-state index in [1.54, 1.807) is 42.5 Å². The summed E-state index contributed by atoms with van der Waals surface area (Å²) in [6.45, 7) is 0. The molecule has 0 bridgehead atoms. The standard InChI is InChI=1S/C13H14N2O3S/c1-18-13-9-11(7-8-12(13)14)15(19(16)17)10-5-3-2-4-6-10/h2-9H,14H2,1H3,(H,16,17)/p-1. The van der Waals surface area contributed by atoms with Crippen molar-refractivity contribution >= 4 is 28.3 Å². The van der Waals surface area contributed by atoms with Crippen LogP contribution < -0.4 is 14.8 Å². The number of hydrogen-bond acceptors (Lipinski definition) is 4. The van der Waals surface area contributed by atoms with Gasteiger partial charge in [-0.1, -0.05) is 18.2 Å². The van der Waals surface area contributed by atoms with Gasteiger partial charge in [-0.15, -0.1) is 0 Å². The van der Waals surface area contributed by atoms with Crippen molar-refractivity contribution in [3.8, 4) is 5.75 Å². The highest BCUT2D eigenvalue weighted by atomic mass is 32.2. The Morgan fingerprint density at radius 2 is 1.84 bits per heavy atom. The predicted octanol–water partition coefficient (Wildman–Crippen LogP) is 2.21. The van der Waals surface area contributed by atoms with Gasteiger partial charge in [0.05, 0.1) is 35.4 Å². The van der Waals surface area contributed by atoms with E-state index in [2.05, 4.69) is 0 Å². The van der Waals surface area contributed by atoms with Gasteiger partial charge in [0.1, 0.15) is 5.75 Å². The summed E-state index contributed by atoms with van der Waals surface area (Å²) in [5.41, 5.74) is 7.18. The number of ether oxygens (including phenoxy) is 1. The molecule has 1 unspecified atom stereocenters. The number of rotatable bonds is 4. The van der Waals surface area contributed by atoms with Crippen LogP contribution in [0.2, 0.25) is 0 Å². The lowest BCUT2D eigenvalue weighted by atomic mass is 10.2. The highest BCUT2D eigenvalue weighted by molar-refractivity contribution is 7.81. The van der Waals surface area contributed by atoms with Crippen molar-refractivity contribution in [3.05, 3.63) is 48.5 Å². The Labute approximate surface area is 114 Å². The van der Waals surface area contributed by atoms with Gasteiger partial charge in [0.2, 0.25) is 0 Å². The van der Waals surface area contributed by atoms with Gasteiger partial charge < -0.3 is 15.0 Å². The fourth-order valence-corrected chi connectivity index (χ4v) is 2.29. The average Bonchev–Trinajstić information content (AvgIpc) is 2.41. The van der Waals surface area contributed by atoms with Gasteiger partial charge in [0.25, 0.3) is 0 Å². The molecule has 0 saturated heterocycles. The Morgan fingerprint density at radius 1 is 1.16 bits per heavy atom. The second-order valence-corrected chi connectivity index (χ2v) is 4.57. The summed E-state index contributed by atoms with van der Waals surface area (Å²) in [4.78, 5) is 0. The van der Waals surface area contributed by atoms with E-state index in [9.17, 15) is 8.76 Å². The van der Waals surface area contributed by atoms with E-state index in [1.165, 1.54) is 11.4 Å². The molecule has 5 nitrogen and oxygen atoms in total. The molecule has 0 heterocycles. The maximum absolute atomic E-state index is 11.4. The molecule has 6 heteroatoms. The van der Waals surface area contributed by atoms with Gasteiger partial charge in [-0.05, 0) is 24.3 Å². The molecule has 0 spiro atoms. The number of nitrogens with two attached hydrogens (primary N) is 1. The lowest BCUT2D eigenvalue weighted by Crippen LogP contribution is -2.19. The first-order chi connectivity index (χ1) is 9.13. The Balaban J connectivity index is 2.49. The fourth-order valence-electron chi connectivity index (χ4n) is 1.71. The smallest absolute Gasteiger partial charge is 0.143 e. The Kier molecular flexibility index (Phi) is 4.03. The minimum absolute atomic E-state index is 0.434. The molecular weight excluding hydrogens is 264 g/mol. The molecule has 2 rings (SSSR count). The van der Waals surface area contributed by atoms with Crippen LogP contribution in [0, 0.1) is 0 Å². The molecule has 0 aliphatic heterocycles. The van der Waals surface area contributed by atoms with E-state index in [1.807, 2.05) is 6.07 Å². The Morgan fingerprint density at radius 3 is 2.42 bits per heavy atom. The van der Waals surface area contributed by atoms with Gasteiger partial charge in [-0.2, -0.15) is 0 Å². The van der Waals surface area contributed by atoms with E-state index in [0.29, 0.717) is 22.8 Å². The summed E-state index contributed by atoms with van der Waals surface area (Å²) in [7, 11) is 1.48. The highest BCUT2D eigenvalue weighted by Crippen LogP contribution is 2.32. The Hall–Kier alpha value is -2.05. The number of benzene rings is 2. The molecule has 1 atom stereocenters. The molecule has 0 aliphatic carbocycles. The Bertz CT molecular complexity index is 590. The summed E-state index contributed by atoms with van der Waals surface area (Å²) >= 11 is -2.44. The maximum atomic E-state index is 11.4. The summed E-state index contributed by atoms with van der Waals surface area (Å²) in [6, 6.07) is 13.6. The highest BCUT2D eigenvalue weighted by Gasteiger charge is 2.12. The van der Waals surface area contributed by atoms with E-state index < -0.39 is 11.3 Å². The molecule has 19 heavy (non-hydrogen) atoms. The molecule has 0 amide bonds. The van der Waals surface area contributed by atoms with Crippen LogP contribution in [0.25, 0.3) is 0 Å². The van der Waals surface area contributed by atoms with Crippen LogP contribution in [-0.4, -0.2) is 15.9 Å². The minimum Gasteiger partial charge on any atom is -0.755 e. The molecule has 2 aromatic rings. The molecule has 0 fully saturated rings. The summed E-state index contributed by atoms with van der Waals surface area (Å²) < 4.78 is 29.1. The first-order valence-corrected chi connectivity index (χ1v) is 6.54. The number of hydrogen-bond donors (Lipinski definition) is 1. The molecule has 0 aliphatic rings. The van der Waals surface area contributed by atoms with Crippen molar-refractivity contribution in [2.45, 2.75) is 0 Å². The van der Waals surface area contributed by atoms with Crippen molar-refractivity contribution < 1.29 is 13.5 Å². The van der Waals surface area contributed by atoms with Crippen molar-refractivity contribution in [2.24, 2.45) is 0 Å². The number of nitrogen functional groups attached to an aromatic ring is 1. The zero-order valence-corrected chi connectivity index (χ0v) is 11.1. The van der Waals surface area contributed by atoms with Crippen molar-refractivity contribution in [1.29, 1.82) is 0 Å². The zero-order chi connectivity index (χ0) is 13.8. The van der Waals surface area contributed by atoms with Crippen molar-refractivity contribution in [2.75, 3.05) is 17.1 Å². The molecule has 0 radical (unpaired) electrons. The van der Waals surface area contributed by atoms with Crippen LogP contribution >= 0.6 is 0 Å². The van der Waals surface area contributed by atoms with Gasteiger partial charge in [0, 0.05) is 6.07 Å². The number of para-hydroxylation sites is 1. The van der Waals surface area contributed by atoms with Crippen LogP contribution in [0.5, 0.6) is 5.75 Å². The number of methoxy groups -OCH3 is 1. The summed E-state index contributed by atoms with van der Waals surface area (Å²) in [5, 5.41) is 0. The minimum atomic E-state index is -2.44. The predicted molar refractivity (Wildman–Crippen MR) is 74.9 cm³/mol. The van der Waals surface area contributed by atoms with Crippen LogP contribution in [0.4, 0.5) is 17.1 Å². The van der Waals surface area contributed by atoms with E-state index in [0.717, 1.165) is 0 Å². The van der Waals surface area contributed by atoms with Crippen LogP contribution in [0.1, 0.15) is 0 Å². The van der Waals surface area contributed by atoms with Crippen molar-refractivity contribution in [3.63, 3.8) is 0 Å². The van der Waals surface area contributed by atoms with Crippen LogP contribution in [0.3, 0.4) is 0 Å². The maximum Gasteiger partial charge on any atom is 0.143 e. The topological polar surface area (TPSA) is 78.6 Å². The SMILES string of the molecule is COc1cc(N(c2ccccc2)S(=O)[O-])ccc1N.